The van der Waals surface area contributed by atoms with Gasteiger partial charge in [-0.25, -0.2) is 0 Å². The first-order valence-corrected chi connectivity index (χ1v) is 6.88. The number of hydrogen-bond acceptors (Lipinski definition) is 5. The monoisotopic (exact) mass is 283 g/mol. The number of hydrogen-bond donors (Lipinski definition) is 0. The van der Waals surface area contributed by atoms with Gasteiger partial charge in [-0.2, -0.15) is 10.1 Å². The summed E-state index contributed by atoms with van der Waals surface area (Å²) >= 11 is 0. The fraction of sp³-hybridized carbons (Fsp3) is 0.333. The quantitative estimate of drug-likeness (QED) is 0.734. The molecule has 3 aromatic rings. The van der Waals surface area contributed by atoms with Gasteiger partial charge in [0.2, 0.25) is 11.7 Å². The lowest BCUT2D eigenvalue weighted by atomic mass is 10.1. The Morgan fingerprint density at radius 2 is 2.05 bits per heavy atom. The zero-order chi connectivity index (χ0) is 14.8. The molecule has 0 aliphatic heterocycles. The van der Waals surface area contributed by atoms with Crippen LogP contribution in [-0.4, -0.2) is 24.9 Å². The molecule has 108 valence electrons. The maximum Gasteiger partial charge on any atom is 0.227 e. The van der Waals surface area contributed by atoms with E-state index in [2.05, 4.69) is 27.1 Å². The normalized spacial score (nSPS) is 11.0. The Morgan fingerprint density at radius 1 is 1.19 bits per heavy atom. The van der Waals surface area contributed by atoms with Crippen molar-refractivity contribution in [3.8, 4) is 11.5 Å². The molecule has 3 aromatic heterocycles. The number of nitrogens with zero attached hydrogens (tertiary/aromatic N) is 5. The molecule has 0 aromatic carbocycles. The fourth-order valence-corrected chi connectivity index (χ4v) is 2.37. The third-order valence-electron chi connectivity index (χ3n) is 3.61. The zero-order valence-corrected chi connectivity index (χ0v) is 12.4. The highest BCUT2D eigenvalue weighted by atomic mass is 16.5. The van der Waals surface area contributed by atoms with E-state index in [9.17, 15) is 0 Å². The highest BCUT2D eigenvalue weighted by Gasteiger charge is 2.13. The molecule has 0 saturated carbocycles. The zero-order valence-electron chi connectivity index (χ0n) is 12.4. The van der Waals surface area contributed by atoms with Gasteiger partial charge in [-0.3, -0.25) is 9.67 Å². The second kappa shape index (κ2) is 5.47. The first kappa shape index (κ1) is 13.5. The van der Waals surface area contributed by atoms with Crippen molar-refractivity contribution in [1.82, 2.24) is 24.9 Å². The van der Waals surface area contributed by atoms with Crippen LogP contribution in [-0.2, 0) is 19.9 Å². The predicted molar refractivity (Wildman–Crippen MR) is 77.6 cm³/mol. The molecule has 0 amide bonds. The molecule has 0 spiro atoms. The van der Waals surface area contributed by atoms with Crippen LogP contribution in [0.4, 0.5) is 0 Å². The van der Waals surface area contributed by atoms with Crippen molar-refractivity contribution in [1.29, 1.82) is 0 Å². The minimum Gasteiger partial charge on any atom is -0.339 e. The molecule has 0 fully saturated rings. The van der Waals surface area contributed by atoms with Gasteiger partial charge in [0.25, 0.3) is 0 Å². The Bertz CT molecular complexity index is 745. The molecule has 0 aliphatic carbocycles. The average molecular weight is 283 g/mol. The van der Waals surface area contributed by atoms with E-state index in [0.717, 1.165) is 17.8 Å². The molecule has 0 N–H and O–H groups in total. The number of aromatic nitrogens is 5. The first-order valence-electron chi connectivity index (χ1n) is 6.88. The molecule has 0 radical (unpaired) electrons. The van der Waals surface area contributed by atoms with Gasteiger partial charge in [0.15, 0.2) is 0 Å². The molecule has 3 heterocycles. The van der Waals surface area contributed by atoms with Gasteiger partial charge in [0, 0.05) is 25.4 Å². The van der Waals surface area contributed by atoms with Gasteiger partial charge >= 0.3 is 0 Å². The Morgan fingerprint density at radius 3 is 2.71 bits per heavy atom. The van der Waals surface area contributed by atoms with Crippen molar-refractivity contribution in [2.24, 2.45) is 7.05 Å². The van der Waals surface area contributed by atoms with E-state index in [1.807, 2.05) is 36.9 Å². The largest absolute Gasteiger partial charge is 0.339 e. The van der Waals surface area contributed by atoms with Crippen molar-refractivity contribution in [2.45, 2.75) is 26.7 Å². The molecular formula is C15H17N5O. The second-order valence-electron chi connectivity index (χ2n) is 5.00. The van der Waals surface area contributed by atoms with E-state index in [1.54, 1.807) is 6.20 Å². The summed E-state index contributed by atoms with van der Waals surface area (Å²) in [5.41, 5.74) is 4.20. The Balaban J connectivity index is 1.73. The first-order chi connectivity index (χ1) is 10.1. The lowest BCUT2D eigenvalue weighted by Crippen LogP contribution is -1.96. The van der Waals surface area contributed by atoms with Crippen LogP contribution < -0.4 is 0 Å². The van der Waals surface area contributed by atoms with Crippen LogP contribution in [0, 0.1) is 13.8 Å². The summed E-state index contributed by atoms with van der Waals surface area (Å²) in [6.45, 7) is 4.10. The minimum atomic E-state index is 0.533. The summed E-state index contributed by atoms with van der Waals surface area (Å²) in [7, 11) is 1.96. The van der Waals surface area contributed by atoms with Crippen molar-refractivity contribution in [3.63, 3.8) is 0 Å². The summed E-state index contributed by atoms with van der Waals surface area (Å²) in [4.78, 5) is 8.61. The summed E-state index contributed by atoms with van der Waals surface area (Å²) in [5, 5.41) is 8.40. The van der Waals surface area contributed by atoms with E-state index >= 15 is 0 Å². The highest BCUT2D eigenvalue weighted by Crippen LogP contribution is 2.16. The second-order valence-corrected chi connectivity index (χ2v) is 5.00. The predicted octanol–water partition coefficient (Wildman–Crippen LogP) is 2.27. The van der Waals surface area contributed by atoms with Gasteiger partial charge in [-0.15, -0.1) is 0 Å². The standard InChI is InChI=1S/C15H17N5O/c1-10-12(11(2)20(3)18-10)7-8-14-17-15(19-21-14)13-6-4-5-9-16-13/h4-6,9H,7-8H2,1-3H3. The number of aryl methyl sites for hydroxylation is 3. The van der Waals surface area contributed by atoms with Crippen LogP contribution in [0.2, 0.25) is 0 Å². The highest BCUT2D eigenvalue weighted by molar-refractivity contribution is 5.47. The van der Waals surface area contributed by atoms with Crippen LogP contribution >= 0.6 is 0 Å². The number of pyridine rings is 1. The third-order valence-corrected chi connectivity index (χ3v) is 3.61. The van der Waals surface area contributed by atoms with Crippen molar-refractivity contribution in [3.05, 3.63) is 47.2 Å². The van der Waals surface area contributed by atoms with E-state index in [1.165, 1.54) is 11.3 Å². The minimum absolute atomic E-state index is 0.533. The molecule has 6 heteroatoms. The van der Waals surface area contributed by atoms with Gasteiger partial charge < -0.3 is 4.52 Å². The Kier molecular flexibility index (Phi) is 3.51. The van der Waals surface area contributed by atoms with Crippen LogP contribution in [0.1, 0.15) is 22.8 Å². The van der Waals surface area contributed by atoms with E-state index in [4.69, 9.17) is 4.52 Å². The third kappa shape index (κ3) is 2.69. The fourth-order valence-electron chi connectivity index (χ4n) is 2.37. The van der Waals surface area contributed by atoms with E-state index in [-0.39, 0.29) is 0 Å². The van der Waals surface area contributed by atoms with E-state index < -0.39 is 0 Å². The summed E-state index contributed by atoms with van der Waals surface area (Å²) in [6.07, 6.45) is 3.26. The molecule has 3 rings (SSSR count). The molecule has 0 atom stereocenters. The SMILES string of the molecule is Cc1nn(C)c(C)c1CCc1nc(-c2ccccn2)no1. The van der Waals surface area contributed by atoms with Gasteiger partial charge in [0.05, 0.1) is 5.69 Å². The van der Waals surface area contributed by atoms with Gasteiger partial charge in [-0.1, -0.05) is 11.2 Å². The average Bonchev–Trinajstić information content (AvgIpc) is 3.05. The molecule has 21 heavy (non-hydrogen) atoms. The van der Waals surface area contributed by atoms with Gasteiger partial charge in [-0.05, 0) is 38.0 Å². The molecule has 0 bridgehead atoms. The molecular weight excluding hydrogens is 266 g/mol. The van der Waals surface area contributed by atoms with Crippen LogP contribution in [0.15, 0.2) is 28.9 Å². The van der Waals surface area contributed by atoms with Crippen molar-refractivity contribution in [2.75, 3.05) is 0 Å². The Labute approximate surface area is 122 Å². The van der Waals surface area contributed by atoms with E-state index in [0.29, 0.717) is 18.1 Å². The molecule has 6 nitrogen and oxygen atoms in total. The van der Waals surface area contributed by atoms with Crippen LogP contribution in [0.25, 0.3) is 11.5 Å². The lowest BCUT2D eigenvalue weighted by Gasteiger charge is -1.99. The maximum absolute atomic E-state index is 5.30. The summed E-state index contributed by atoms with van der Waals surface area (Å²) in [5.74, 6) is 1.16. The van der Waals surface area contributed by atoms with Crippen LogP contribution in [0.5, 0.6) is 0 Å². The molecule has 0 aliphatic rings. The van der Waals surface area contributed by atoms with Crippen molar-refractivity contribution >= 4 is 0 Å². The summed E-state index contributed by atoms with van der Waals surface area (Å²) in [6, 6.07) is 5.63. The smallest absolute Gasteiger partial charge is 0.227 e. The topological polar surface area (TPSA) is 69.6 Å². The van der Waals surface area contributed by atoms with Crippen molar-refractivity contribution < 1.29 is 4.52 Å². The summed E-state index contributed by atoms with van der Waals surface area (Å²) < 4.78 is 7.20. The molecule has 0 saturated heterocycles. The number of rotatable bonds is 4. The lowest BCUT2D eigenvalue weighted by molar-refractivity contribution is 0.378. The van der Waals surface area contributed by atoms with Gasteiger partial charge in [0.1, 0.15) is 5.69 Å². The molecule has 0 unspecified atom stereocenters. The Hall–Kier alpha value is -2.50. The van der Waals surface area contributed by atoms with Crippen LogP contribution in [0.3, 0.4) is 0 Å². The maximum atomic E-state index is 5.30.